The number of aliphatic hydroxyl groups is 2. The maximum Gasteiger partial charge on any atom is 0.305 e. The van der Waals surface area contributed by atoms with Gasteiger partial charge in [-0.3, -0.25) is 9.59 Å². The summed E-state index contributed by atoms with van der Waals surface area (Å²) in [4.78, 5) is 24.6. The standard InChI is InChI=1S/C77H145NO5/c1-3-5-7-9-11-13-15-17-19-21-22-32-35-38-41-45-49-53-57-61-65-69-75(80)74(73-79)78-76(81)70-66-62-58-54-50-46-42-39-36-33-30-28-26-24-23-25-27-29-31-34-37-40-44-48-52-56-60-64-68-72-83-77(82)71-67-63-59-55-51-47-43-20-18-16-14-12-10-8-6-4-2/h20,23,25,29,31,43,65,69,74-75,79-80H,3-19,21-22,24,26-28,30,32-42,44-64,66-68,70-73H2,1-2H3,(H,78,81)/b25-23-,31-29-,43-20-,69-65+. The van der Waals surface area contributed by atoms with Crippen molar-refractivity contribution in [3.63, 3.8) is 0 Å². The summed E-state index contributed by atoms with van der Waals surface area (Å²) in [6, 6.07) is -0.631. The first-order chi connectivity index (χ1) is 41.0. The molecule has 0 spiro atoms. The largest absolute Gasteiger partial charge is 0.466 e. The summed E-state index contributed by atoms with van der Waals surface area (Å²) in [6.07, 6.45) is 94.9. The Balaban J connectivity index is 3.43. The molecular formula is C77H145NO5. The molecule has 488 valence electrons. The third-order valence-electron chi connectivity index (χ3n) is 17.3. The zero-order valence-electron chi connectivity index (χ0n) is 55.9. The topological polar surface area (TPSA) is 95.9 Å². The smallest absolute Gasteiger partial charge is 0.305 e. The number of aliphatic hydroxyl groups excluding tert-OH is 2. The molecule has 0 saturated carbocycles. The second-order valence-electron chi connectivity index (χ2n) is 25.6. The third kappa shape index (κ3) is 68.8. The molecule has 0 aromatic heterocycles. The first kappa shape index (κ1) is 80.8. The molecule has 3 N–H and O–H groups in total. The lowest BCUT2D eigenvalue weighted by Crippen LogP contribution is -2.45. The Morgan fingerprint density at radius 3 is 0.928 bits per heavy atom. The average molecular weight is 1170 g/mol. The highest BCUT2D eigenvalue weighted by atomic mass is 16.5. The number of esters is 1. The van der Waals surface area contributed by atoms with E-state index < -0.39 is 12.1 Å². The molecule has 0 bridgehead atoms. The van der Waals surface area contributed by atoms with Crippen LogP contribution in [0.15, 0.2) is 48.6 Å². The molecule has 0 aromatic rings. The first-order valence-corrected chi connectivity index (χ1v) is 37.4. The van der Waals surface area contributed by atoms with Crippen molar-refractivity contribution in [1.29, 1.82) is 0 Å². The Morgan fingerprint density at radius 1 is 0.337 bits per heavy atom. The van der Waals surface area contributed by atoms with Gasteiger partial charge in [-0.05, 0) is 89.9 Å². The minimum atomic E-state index is -0.847. The summed E-state index contributed by atoms with van der Waals surface area (Å²) in [7, 11) is 0. The fourth-order valence-electron chi connectivity index (χ4n) is 11.6. The molecule has 0 aliphatic rings. The van der Waals surface area contributed by atoms with Crippen molar-refractivity contribution in [3.05, 3.63) is 48.6 Å². The Kier molecular flexibility index (Phi) is 70.4. The monoisotopic (exact) mass is 1160 g/mol. The maximum absolute atomic E-state index is 12.5. The Labute approximate surface area is 518 Å². The predicted octanol–water partition coefficient (Wildman–Crippen LogP) is 24.4. The fourth-order valence-corrected chi connectivity index (χ4v) is 11.6. The molecule has 0 aromatic carbocycles. The van der Waals surface area contributed by atoms with E-state index in [0.717, 1.165) is 51.4 Å². The van der Waals surface area contributed by atoms with Crippen molar-refractivity contribution in [3.8, 4) is 0 Å². The van der Waals surface area contributed by atoms with Gasteiger partial charge < -0.3 is 20.3 Å². The highest BCUT2D eigenvalue weighted by Crippen LogP contribution is 2.18. The molecule has 6 nitrogen and oxygen atoms in total. The van der Waals surface area contributed by atoms with Crippen molar-refractivity contribution < 1.29 is 24.5 Å². The molecule has 1 amide bonds. The van der Waals surface area contributed by atoms with Crippen molar-refractivity contribution >= 4 is 11.9 Å². The van der Waals surface area contributed by atoms with Gasteiger partial charge in [0.2, 0.25) is 5.91 Å². The first-order valence-electron chi connectivity index (χ1n) is 37.4. The molecule has 0 aliphatic heterocycles. The lowest BCUT2D eigenvalue weighted by Gasteiger charge is -2.20. The SMILES string of the molecule is CCCCCCCCC/C=C\CCCCCCCC(=O)OCCCCCCCCCCC/C=C\C/C=C\CCCCCCCCCCCCCCCC(=O)NC(CO)C(O)/C=C/CCCCCCCCCCCCCCCCCCCCC. The molecular weight excluding hydrogens is 1020 g/mol. The second-order valence-corrected chi connectivity index (χ2v) is 25.6. The van der Waals surface area contributed by atoms with E-state index in [4.69, 9.17) is 4.74 Å². The second kappa shape index (κ2) is 72.3. The molecule has 0 saturated heterocycles. The fraction of sp³-hybridized carbons (Fsp3) is 0.870. The van der Waals surface area contributed by atoms with E-state index >= 15 is 0 Å². The van der Waals surface area contributed by atoms with Crippen LogP contribution >= 0.6 is 0 Å². The number of allylic oxidation sites excluding steroid dienone is 7. The van der Waals surface area contributed by atoms with Crippen LogP contribution in [0, 0.1) is 0 Å². The Bertz CT molecular complexity index is 1390. The summed E-state index contributed by atoms with van der Waals surface area (Å²) < 4.78 is 5.49. The average Bonchev–Trinajstić information content (AvgIpc) is 3.48. The highest BCUT2D eigenvalue weighted by Gasteiger charge is 2.18. The predicted molar refractivity (Wildman–Crippen MR) is 366 cm³/mol. The van der Waals surface area contributed by atoms with Gasteiger partial charge in [0, 0.05) is 12.8 Å². The van der Waals surface area contributed by atoms with Crippen molar-refractivity contribution in [1.82, 2.24) is 5.32 Å². The molecule has 0 fully saturated rings. The summed E-state index contributed by atoms with van der Waals surface area (Å²) in [6.45, 7) is 4.93. The summed E-state index contributed by atoms with van der Waals surface area (Å²) in [5.74, 6) is -0.0609. The number of ether oxygens (including phenoxy) is 1. The van der Waals surface area contributed by atoms with E-state index in [-0.39, 0.29) is 18.5 Å². The molecule has 83 heavy (non-hydrogen) atoms. The van der Waals surface area contributed by atoms with Gasteiger partial charge in [-0.1, -0.05) is 351 Å². The van der Waals surface area contributed by atoms with Crippen molar-refractivity contribution in [2.75, 3.05) is 13.2 Å². The third-order valence-corrected chi connectivity index (χ3v) is 17.3. The van der Waals surface area contributed by atoms with Crippen molar-refractivity contribution in [2.24, 2.45) is 0 Å². The molecule has 6 heteroatoms. The van der Waals surface area contributed by atoms with Gasteiger partial charge >= 0.3 is 5.97 Å². The van der Waals surface area contributed by atoms with Crippen LogP contribution in [0.3, 0.4) is 0 Å². The minimum absolute atomic E-state index is 0.00465. The number of unbranched alkanes of at least 4 members (excludes halogenated alkanes) is 53. The number of hydrogen-bond acceptors (Lipinski definition) is 5. The zero-order valence-corrected chi connectivity index (χ0v) is 55.9. The van der Waals surface area contributed by atoms with Crippen LogP contribution in [0.4, 0.5) is 0 Å². The lowest BCUT2D eigenvalue weighted by atomic mass is 10.0. The van der Waals surface area contributed by atoms with E-state index in [0.29, 0.717) is 19.4 Å². The van der Waals surface area contributed by atoms with Crippen LogP contribution in [0.1, 0.15) is 406 Å². The van der Waals surface area contributed by atoms with Crippen LogP contribution in [0.5, 0.6) is 0 Å². The van der Waals surface area contributed by atoms with Crippen LogP contribution in [0.2, 0.25) is 0 Å². The van der Waals surface area contributed by atoms with E-state index in [1.165, 1.54) is 327 Å². The number of nitrogens with one attached hydrogen (secondary N) is 1. The quantitative estimate of drug-likeness (QED) is 0.0320. The van der Waals surface area contributed by atoms with E-state index in [1.54, 1.807) is 6.08 Å². The number of amides is 1. The number of hydrogen-bond donors (Lipinski definition) is 3. The van der Waals surface area contributed by atoms with Crippen LogP contribution in [0.25, 0.3) is 0 Å². The summed E-state index contributed by atoms with van der Waals surface area (Å²) >= 11 is 0. The van der Waals surface area contributed by atoms with Gasteiger partial charge in [0.1, 0.15) is 0 Å². The van der Waals surface area contributed by atoms with Crippen molar-refractivity contribution in [2.45, 2.75) is 418 Å². The minimum Gasteiger partial charge on any atom is -0.466 e. The van der Waals surface area contributed by atoms with E-state index in [2.05, 4.69) is 55.6 Å². The zero-order chi connectivity index (χ0) is 59.9. The maximum atomic E-state index is 12.5. The van der Waals surface area contributed by atoms with E-state index in [9.17, 15) is 19.8 Å². The van der Waals surface area contributed by atoms with Gasteiger partial charge in [0.05, 0.1) is 25.4 Å². The van der Waals surface area contributed by atoms with Gasteiger partial charge in [-0.15, -0.1) is 0 Å². The number of carbonyl (C=O) groups excluding carboxylic acids is 2. The molecule has 0 radical (unpaired) electrons. The van der Waals surface area contributed by atoms with Gasteiger partial charge in [0.25, 0.3) is 0 Å². The molecule has 2 unspecified atom stereocenters. The van der Waals surface area contributed by atoms with Gasteiger partial charge in [-0.25, -0.2) is 0 Å². The summed E-state index contributed by atoms with van der Waals surface area (Å²) in [5.41, 5.74) is 0. The Hall–Kier alpha value is -2.18. The normalized spacial score (nSPS) is 12.8. The highest BCUT2D eigenvalue weighted by molar-refractivity contribution is 5.76. The number of carbonyl (C=O) groups is 2. The summed E-state index contributed by atoms with van der Waals surface area (Å²) in [5, 5.41) is 23.3. The number of rotatable bonds is 70. The van der Waals surface area contributed by atoms with Crippen LogP contribution in [-0.4, -0.2) is 47.4 Å². The molecule has 0 heterocycles. The van der Waals surface area contributed by atoms with E-state index in [1.807, 2.05) is 6.08 Å². The molecule has 2 atom stereocenters. The molecule has 0 aliphatic carbocycles. The van der Waals surface area contributed by atoms with Gasteiger partial charge in [-0.2, -0.15) is 0 Å². The lowest BCUT2D eigenvalue weighted by molar-refractivity contribution is -0.143. The van der Waals surface area contributed by atoms with Crippen LogP contribution < -0.4 is 5.32 Å². The molecule has 0 rings (SSSR count). The van der Waals surface area contributed by atoms with Gasteiger partial charge in [0.15, 0.2) is 0 Å². The Morgan fingerprint density at radius 2 is 0.602 bits per heavy atom. The van der Waals surface area contributed by atoms with Crippen LogP contribution in [-0.2, 0) is 14.3 Å².